The third-order valence-electron chi connectivity index (χ3n) is 5.74. The van der Waals surface area contributed by atoms with Gasteiger partial charge in [0, 0.05) is 32.6 Å². The van der Waals surface area contributed by atoms with Crippen LogP contribution in [0.4, 0.5) is 0 Å². The fourth-order valence-electron chi connectivity index (χ4n) is 4.30. The lowest BCUT2D eigenvalue weighted by Gasteiger charge is -2.36. The van der Waals surface area contributed by atoms with E-state index in [0.717, 1.165) is 39.0 Å². The highest BCUT2D eigenvalue weighted by Crippen LogP contribution is 2.27. The minimum atomic E-state index is -0.147. The predicted octanol–water partition coefficient (Wildman–Crippen LogP) is 1.33. The molecule has 5 nitrogen and oxygen atoms in total. The van der Waals surface area contributed by atoms with Crippen LogP contribution in [0.15, 0.2) is 0 Å². The molecule has 0 spiro atoms. The van der Waals surface area contributed by atoms with Crippen molar-refractivity contribution in [3.63, 3.8) is 0 Å². The average molecular weight is 321 g/mol. The van der Waals surface area contributed by atoms with Crippen LogP contribution in [0.25, 0.3) is 0 Å². The molecule has 0 bridgehead atoms. The summed E-state index contributed by atoms with van der Waals surface area (Å²) < 4.78 is 0. The number of Topliss-reactive ketones (excluding diaryl/α,β-unsaturated/α-hetero) is 1. The van der Waals surface area contributed by atoms with Gasteiger partial charge in [-0.3, -0.25) is 9.59 Å². The number of piperidine rings is 1. The third kappa shape index (κ3) is 4.54. The van der Waals surface area contributed by atoms with Gasteiger partial charge in [-0.1, -0.05) is 32.1 Å². The van der Waals surface area contributed by atoms with E-state index in [4.69, 9.17) is 0 Å². The van der Waals surface area contributed by atoms with Crippen molar-refractivity contribution in [2.75, 3.05) is 32.7 Å². The third-order valence-corrected chi connectivity index (χ3v) is 5.74. The molecule has 0 radical (unpaired) electrons. The van der Waals surface area contributed by atoms with Gasteiger partial charge >= 0.3 is 0 Å². The largest absolute Gasteiger partial charge is 0.339 e. The molecule has 1 aliphatic carbocycles. The second kappa shape index (κ2) is 8.25. The topological polar surface area (TPSA) is 61.4 Å². The van der Waals surface area contributed by atoms with Crippen LogP contribution >= 0.6 is 0 Å². The highest BCUT2D eigenvalue weighted by Gasteiger charge is 2.32. The number of carbonyl (C=O) groups is 2. The highest BCUT2D eigenvalue weighted by molar-refractivity contribution is 5.86. The molecule has 0 aromatic heterocycles. The molecule has 2 N–H and O–H groups in total. The minimum absolute atomic E-state index is 0.107. The molecule has 0 aromatic rings. The SMILES string of the molecule is O=C(CC1CCCCC1)C1CN(C(=O)C2CCCNC2)CCN1. The van der Waals surface area contributed by atoms with Gasteiger partial charge in [0.15, 0.2) is 5.78 Å². The van der Waals surface area contributed by atoms with Gasteiger partial charge in [0.25, 0.3) is 0 Å². The fourth-order valence-corrected chi connectivity index (χ4v) is 4.30. The fraction of sp³-hybridized carbons (Fsp3) is 0.889. The van der Waals surface area contributed by atoms with E-state index in [1.165, 1.54) is 32.1 Å². The van der Waals surface area contributed by atoms with E-state index in [2.05, 4.69) is 10.6 Å². The summed E-state index contributed by atoms with van der Waals surface area (Å²) in [5, 5.41) is 6.65. The summed E-state index contributed by atoms with van der Waals surface area (Å²) in [5.41, 5.74) is 0. The van der Waals surface area contributed by atoms with E-state index in [0.29, 0.717) is 24.7 Å². The summed E-state index contributed by atoms with van der Waals surface area (Å²) in [5.74, 6) is 1.24. The molecule has 3 aliphatic rings. The van der Waals surface area contributed by atoms with Gasteiger partial charge in [0.05, 0.1) is 12.0 Å². The molecule has 2 unspecified atom stereocenters. The normalized spacial score (nSPS) is 30.2. The van der Waals surface area contributed by atoms with Crippen LogP contribution in [0.5, 0.6) is 0 Å². The van der Waals surface area contributed by atoms with Crippen LogP contribution in [0.1, 0.15) is 51.4 Å². The second-order valence-corrected chi connectivity index (χ2v) is 7.51. The lowest BCUT2D eigenvalue weighted by Crippen LogP contribution is -2.57. The molecule has 2 saturated heterocycles. The summed E-state index contributed by atoms with van der Waals surface area (Å²) in [6, 6.07) is -0.147. The molecule has 2 heterocycles. The number of piperazine rings is 1. The quantitative estimate of drug-likeness (QED) is 0.820. The molecular weight excluding hydrogens is 290 g/mol. The van der Waals surface area contributed by atoms with Crippen LogP contribution in [-0.2, 0) is 9.59 Å². The van der Waals surface area contributed by atoms with E-state index in [9.17, 15) is 9.59 Å². The summed E-state index contributed by atoms with van der Waals surface area (Å²) in [6.45, 7) is 3.87. The molecule has 130 valence electrons. The van der Waals surface area contributed by atoms with Crippen LogP contribution in [-0.4, -0.2) is 55.4 Å². The summed E-state index contributed by atoms with van der Waals surface area (Å²) in [6.07, 6.45) is 9.03. The van der Waals surface area contributed by atoms with Crippen molar-refractivity contribution in [3.05, 3.63) is 0 Å². The van der Waals surface area contributed by atoms with Crippen molar-refractivity contribution in [2.45, 2.75) is 57.4 Å². The Morgan fingerprint density at radius 2 is 1.83 bits per heavy atom. The van der Waals surface area contributed by atoms with Crippen molar-refractivity contribution in [1.29, 1.82) is 0 Å². The smallest absolute Gasteiger partial charge is 0.227 e. The van der Waals surface area contributed by atoms with E-state index < -0.39 is 0 Å². The Hall–Kier alpha value is -0.940. The van der Waals surface area contributed by atoms with Gasteiger partial charge in [-0.25, -0.2) is 0 Å². The van der Waals surface area contributed by atoms with E-state index in [1.807, 2.05) is 4.90 Å². The zero-order valence-electron chi connectivity index (χ0n) is 14.2. The molecule has 5 heteroatoms. The average Bonchev–Trinajstić information content (AvgIpc) is 2.63. The molecule has 3 rings (SSSR count). The number of rotatable bonds is 4. The zero-order valence-corrected chi connectivity index (χ0v) is 14.2. The van der Waals surface area contributed by atoms with Crippen molar-refractivity contribution in [3.8, 4) is 0 Å². The van der Waals surface area contributed by atoms with Gasteiger partial charge in [0.1, 0.15) is 0 Å². The number of nitrogens with zero attached hydrogens (tertiary/aromatic N) is 1. The number of hydrogen-bond acceptors (Lipinski definition) is 4. The molecule has 0 aromatic carbocycles. The number of ketones is 1. The summed E-state index contributed by atoms with van der Waals surface area (Å²) in [4.78, 5) is 27.2. The van der Waals surface area contributed by atoms with Crippen LogP contribution in [0, 0.1) is 11.8 Å². The van der Waals surface area contributed by atoms with Crippen molar-refractivity contribution < 1.29 is 9.59 Å². The van der Waals surface area contributed by atoms with Gasteiger partial charge in [0.2, 0.25) is 5.91 Å². The first-order chi connectivity index (χ1) is 11.2. The van der Waals surface area contributed by atoms with Crippen LogP contribution in [0.3, 0.4) is 0 Å². The Bertz CT molecular complexity index is 414. The van der Waals surface area contributed by atoms with Gasteiger partial charge < -0.3 is 15.5 Å². The zero-order chi connectivity index (χ0) is 16.1. The first-order valence-electron chi connectivity index (χ1n) is 9.49. The lowest BCUT2D eigenvalue weighted by molar-refractivity contribution is -0.138. The van der Waals surface area contributed by atoms with Crippen molar-refractivity contribution >= 4 is 11.7 Å². The Balaban J connectivity index is 1.50. The van der Waals surface area contributed by atoms with E-state index in [1.54, 1.807) is 0 Å². The number of amides is 1. The molecular formula is C18H31N3O2. The van der Waals surface area contributed by atoms with E-state index >= 15 is 0 Å². The monoisotopic (exact) mass is 321 g/mol. The van der Waals surface area contributed by atoms with Gasteiger partial charge in [-0.15, -0.1) is 0 Å². The van der Waals surface area contributed by atoms with Crippen molar-refractivity contribution in [2.24, 2.45) is 11.8 Å². The highest BCUT2D eigenvalue weighted by atomic mass is 16.2. The maximum Gasteiger partial charge on any atom is 0.227 e. The lowest BCUT2D eigenvalue weighted by atomic mass is 9.84. The predicted molar refractivity (Wildman–Crippen MR) is 90.2 cm³/mol. The second-order valence-electron chi connectivity index (χ2n) is 7.51. The van der Waals surface area contributed by atoms with Crippen LogP contribution < -0.4 is 10.6 Å². The number of nitrogens with one attached hydrogen (secondary N) is 2. The Labute approximate surface area is 139 Å². The maximum absolute atomic E-state index is 12.7. The Morgan fingerprint density at radius 1 is 1.00 bits per heavy atom. The summed E-state index contributed by atoms with van der Waals surface area (Å²) in [7, 11) is 0. The minimum Gasteiger partial charge on any atom is -0.339 e. The van der Waals surface area contributed by atoms with Crippen molar-refractivity contribution in [1.82, 2.24) is 15.5 Å². The maximum atomic E-state index is 12.7. The molecule has 23 heavy (non-hydrogen) atoms. The van der Waals surface area contributed by atoms with Gasteiger partial charge in [-0.2, -0.15) is 0 Å². The van der Waals surface area contributed by atoms with Gasteiger partial charge in [-0.05, 0) is 25.3 Å². The molecule has 3 fully saturated rings. The van der Waals surface area contributed by atoms with E-state index in [-0.39, 0.29) is 17.9 Å². The Morgan fingerprint density at radius 3 is 2.57 bits per heavy atom. The Kier molecular flexibility index (Phi) is 6.06. The molecule has 1 amide bonds. The summed E-state index contributed by atoms with van der Waals surface area (Å²) >= 11 is 0. The van der Waals surface area contributed by atoms with Crippen LogP contribution in [0.2, 0.25) is 0 Å². The standard InChI is InChI=1S/C18H31N3O2/c22-17(11-14-5-2-1-3-6-14)16-13-21(10-9-20-16)18(23)15-7-4-8-19-12-15/h14-16,19-20H,1-13H2. The molecule has 1 saturated carbocycles. The molecule has 2 atom stereocenters. The first-order valence-corrected chi connectivity index (χ1v) is 9.49. The number of carbonyl (C=O) groups excluding carboxylic acids is 2. The molecule has 2 aliphatic heterocycles. The first kappa shape index (κ1) is 16.9. The number of hydrogen-bond donors (Lipinski definition) is 2.